The Hall–Kier alpha value is -1.36. The molecule has 1 rings (SSSR count). The van der Waals surface area contributed by atoms with E-state index in [0.29, 0.717) is 18.2 Å². The minimum atomic E-state index is -0.486. The van der Waals surface area contributed by atoms with Crippen molar-refractivity contribution in [3.05, 3.63) is 11.8 Å². The molecule has 1 aromatic rings. The van der Waals surface area contributed by atoms with Gasteiger partial charge in [0, 0.05) is 17.2 Å². The molecule has 1 atom stereocenters. The van der Waals surface area contributed by atoms with E-state index in [2.05, 4.69) is 36.3 Å². The van der Waals surface area contributed by atoms with Gasteiger partial charge in [-0.25, -0.2) is 0 Å². The average Bonchev–Trinajstić information content (AvgIpc) is 2.64. The molecule has 5 heteroatoms. The Balaban J connectivity index is 2.63. The van der Waals surface area contributed by atoms with Crippen molar-refractivity contribution in [3.8, 4) is 0 Å². The third kappa shape index (κ3) is 4.14. The highest BCUT2D eigenvalue weighted by Gasteiger charge is 2.19. The molecule has 0 fully saturated rings. The fourth-order valence-corrected chi connectivity index (χ4v) is 1.60. The molecule has 0 aliphatic rings. The van der Waals surface area contributed by atoms with Crippen molar-refractivity contribution in [3.63, 3.8) is 0 Å². The van der Waals surface area contributed by atoms with Gasteiger partial charge < -0.3 is 11.1 Å². The van der Waals surface area contributed by atoms with Gasteiger partial charge in [-0.1, -0.05) is 34.6 Å². The van der Waals surface area contributed by atoms with Gasteiger partial charge in [-0.05, 0) is 12.3 Å². The molecule has 5 nitrogen and oxygen atoms in total. The number of anilines is 1. The number of carbonyl (C=O) groups is 1. The van der Waals surface area contributed by atoms with Crippen molar-refractivity contribution in [2.24, 2.45) is 11.7 Å². The van der Waals surface area contributed by atoms with Gasteiger partial charge in [0.05, 0.1) is 6.04 Å². The zero-order chi connectivity index (χ0) is 13.9. The molecular weight excluding hydrogens is 228 g/mol. The predicted octanol–water partition coefficient (Wildman–Crippen LogP) is 2.02. The summed E-state index contributed by atoms with van der Waals surface area (Å²) in [5, 5.41) is 9.73. The topological polar surface area (TPSA) is 83.8 Å². The van der Waals surface area contributed by atoms with Crippen LogP contribution in [0, 0.1) is 5.92 Å². The number of carbonyl (C=O) groups excluding carboxylic acids is 1. The monoisotopic (exact) mass is 252 g/mol. The van der Waals surface area contributed by atoms with Crippen LogP contribution in [-0.4, -0.2) is 22.1 Å². The minimum absolute atomic E-state index is 0.0178. The second kappa shape index (κ2) is 5.52. The summed E-state index contributed by atoms with van der Waals surface area (Å²) in [6.45, 7) is 10.3. The number of aromatic amines is 1. The molecule has 0 saturated heterocycles. The average molecular weight is 252 g/mol. The molecule has 1 heterocycles. The second-order valence-corrected chi connectivity index (χ2v) is 6.14. The Morgan fingerprint density at radius 3 is 2.56 bits per heavy atom. The fraction of sp³-hybridized carbons (Fsp3) is 0.692. The molecule has 1 aromatic heterocycles. The van der Waals surface area contributed by atoms with Crippen molar-refractivity contribution < 1.29 is 4.79 Å². The van der Waals surface area contributed by atoms with Gasteiger partial charge in [0.25, 0.3) is 0 Å². The first-order valence-electron chi connectivity index (χ1n) is 6.32. The van der Waals surface area contributed by atoms with Crippen LogP contribution in [0.15, 0.2) is 6.07 Å². The summed E-state index contributed by atoms with van der Waals surface area (Å²) in [6.07, 6.45) is 0.669. The van der Waals surface area contributed by atoms with E-state index >= 15 is 0 Å². The maximum Gasteiger partial charge on any atom is 0.242 e. The van der Waals surface area contributed by atoms with Crippen LogP contribution in [0.1, 0.15) is 46.7 Å². The van der Waals surface area contributed by atoms with E-state index in [9.17, 15) is 4.79 Å². The molecule has 0 radical (unpaired) electrons. The lowest BCUT2D eigenvalue weighted by atomic mass is 9.92. The van der Waals surface area contributed by atoms with Crippen molar-refractivity contribution in [1.29, 1.82) is 0 Å². The lowest BCUT2D eigenvalue weighted by Crippen LogP contribution is -2.36. The number of hydrogen-bond donors (Lipinski definition) is 3. The van der Waals surface area contributed by atoms with Crippen LogP contribution in [0.25, 0.3) is 0 Å². The van der Waals surface area contributed by atoms with Crippen molar-refractivity contribution in [2.45, 2.75) is 52.5 Å². The number of hydrogen-bond acceptors (Lipinski definition) is 3. The number of nitrogens with one attached hydrogen (secondary N) is 2. The molecule has 0 spiro atoms. The van der Waals surface area contributed by atoms with E-state index in [1.807, 2.05) is 19.9 Å². The molecule has 1 amide bonds. The number of H-pyrrole nitrogens is 1. The summed E-state index contributed by atoms with van der Waals surface area (Å²) in [4.78, 5) is 11.8. The van der Waals surface area contributed by atoms with Crippen LogP contribution >= 0.6 is 0 Å². The fourth-order valence-electron chi connectivity index (χ4n) is 1.60. The minimum Gasteiger partial charge on any atom is -0.320 e. The number of rotatable bonds is 4. The number of nitrogens with zero attached hydrogens (tertiary/aromatic N) is 1. The Morgan fingerprint density at radius 1 is 1.50 bits per heavy atom. The summed E-state index contributed by atoms with van der Waals surface area (Å²) >= 11 is 0. The van der Waals surface area contributed by atoms with Gasteiger partial charge in [0.1, 0.15) is 0 Å². The Labute approximate surface area is 109 Å². The summed E-state index contributed by atoms with van der Waals surface area (Å²) in [6, 6.07) is 1.36. The number of nitrogens with two attached hydrogens (primary N) is 1. The van der Waals surface area contributed by atoms with E-state index in [1.54, 1.807) is 0 Å². The molecule has 0 aliphatic carbocycles. The Kier molecular flexibility index (Phi) is 4.51. The van der Waals surface area contributed by atoms with Crippen LogP contribution in [0.2, 0.25) is 0 Å². The quantitative estimate of drug-likeness (QED) is 0.766. The molecule has 102 valence electrons. The van der Waals surface area contributed by atoms with Crippen molar-refractivity contribution >= 4 is 11.7 Å². The summed E-state index contributed by atoms with van der Waals surface area (Å²) < 4.78 is 0. The standard InChI is InChI=1S/C13H24N4O/c1-8(2)6-9(14)12(18)15-11-7-10(16-17-11)13(3,4)5/h7-9H,6,14H2,1-5H3,(H2,15,16,17,18)/t9-/m1/s1. The normalized spacial score (nSPS) is 13.7. The van der Waals surface area contributed by atoms with Gasteiger partial charge in [0.15, 0.2) is 5.82 Å². The highest BCUT2D eigenvalue weighted by atomic mass is 16.2. The number of aromatic nitrogens is 2. The van der Waals surface area contributed by atoms with Crippen molar-refractivity contribution in [2.75, 3.05) is 5.32 Å². The lowest BCUT2D eigenvalue weighted by Gasteiger charge is -2.15. The summed E-state index contributed by atoms with van der Waals surface area (Å²) in [5.41, 5.74) is 6.77. The maximum atomic E-state index is 11.8. The van der Waals surface area contributed by atoms with E-state index in [0.717, 1.165) is 5.69 Å². The SMILES string of the molecule is CC(C)C[C@@H](N)C(=O)Nc1cc(C(C)(C)C)[nH]n1. The van der Waals surface area contributed by atoms with Crippen LogP contribution in [0.3, 0.4) is 0 Å². The van der Waals surface area contributed by atoms with E-state index in [-0.39, 0.29) is 11.3 Å². The first-order chi connectivity index (χ1) is 8.20. The lowest BCUT2D eigenvalue weighted by molar-refractivity contribution is -0.117. The molecule has 0 aliphatic heterocycles. The first kappa shape index (κ1) is 14.7. The van der Waals surface area contributed by atoms with Crippen LogP contribution in [-0.2, 0) is 10.2 Å². The molecule has 4 N–H and O–H groups in total. The smallest absolute Gasteiger partial charge is 0.242 e. The summed E-state index contributed by atoms with van der Waals surface area (Å²) in [5.74, 6) is 0.745. The van der Waals surface area contributed by atoms with E-state index in [4.69, 9.17) is 5.73 Å². The van der Waals surface area contributed by atoms with Crippen LogP contribution in [0.4, 0.5) is 5.82 Å². The summed E-state index contributed by atoms with van der Waals surface area (Å²) in [7, 11) is 0. The third-order valence-corrected chi connectivity index (χ3v) is 2.70. The van der Waals surface area contributed by atoms with Gasteiger partial charge in [-0.15, -0.1) is 0 Å². The van der Waals surface area contributed by atoms with Crippen molar-refractivity contribution in [1.82, 2.24) is 10.2 Å². The van der Waals surface area contributed by atoms with Gasteiger partial charge >= 0.3 is 0 Å². The zero-order valence-electron chi connectivity index (χ0n) is 11.9. The Morgan fingerprint density at radius 2 is 2.11 bits per heavy atom. The molecule has 0 saturated carbocycles. The Bertz CT molecular complexity index is 403. The highest BCUT2D eigenvalue weighted by Crippen LogP contribution is 2.21. The molecular formula is C13H24N4O. The number of amides is 1. The van der Waals surface area contributed by atoms with E-state index < -0.39 is 6.04 Å². The van der Waals surface area contributed by atoms with Crippen LogP contribution < -0.4 is 11.1 Å². The molecule has 18 heavy (non-hydrogen) atoms. The molecule has 0 aromatic carbocycles. The highest BCUT2D eigenvalue weighted by molar-refractivity contribution is 5.93. The largest absolute Gasteiger partial charge is 0.320 e. The predicted molar refractivity (Wildman–Crippen MR) is 73.3 cm³/mol. The van der Waals surface area contributed by atoms with Gasteiger partial charge in [-0.3, -0.25) is 9.89 Å². The van der Waals surface area contributed by atoms with Gasteiger partial charge in [0.2, 0.25) is 5.91 Å². The molecule has 0 unspecified atom stereocenters. The third-order valence-electron chi connectivity index (χ3n) is 2.70. The second-order valence-electron chi connectivity index (χ2n) is 6.14. The van der Waals surface area contributed by atoms with Gasteiger partial charge in [-0.2, -0.15) is 5.10 Å². The zero-order valence-corrected chi connectivity index (χ0v) is 11.9. The maximum absolute atomic E-state index is 11.8. The van der Waals surface area contributed by atoms with Crippen LogP contribution in [0.5, 0.6) is 0 Å². The van der Waals surface area contributed by atoms with E-state index in [1.165, 1.54) is 0 Å². The first-order valence-corrected chi connectivity index (χ1v) is 6.32. The molecule has 0 bridgehead atoms.